The lowest BCUT2D eigenvalue weighted by molar-refractivity contribution is -0.115. The fourth-order valence-electron chi connectivity index (χ4n) is 3.74. The molecule has 0 radical (unpaired) electrons. The Morgan fingerprint density at radius 3 is 2.55 bits per heavy atom. The van der Waals surface area contributed by atoms with Crippen LogP contribution < -0.4 is 5.32 Å². The maximum absolute atomic E-state index is 12.7. The number of carbonyl (C=O) groups excluding carboxylic acids is 1. The number of sulfonamides is 1. The van der Waals surface area contributed by atoms with Gasteiger partial charge in [0.2, 0.25) is 21.1 Å². The number of amides is 1. The molecule has 0 unspecified atom stereocenters. The second kappa shape index (κ2) is 9.63. The molecule has 1 N–H and O–H groups in total. The maximum atomic E-state index is 12.7. The molecule has 2 fully saturated rings. The highest BCUT2D eigenvalue weighted by atomic mass is 32.2. The van der Waals surface area contributed by atoms with E-state index in [1.165, 1.54) is 41.0 Å². The summed E-state index contributed by atoms with van der Waals surface area (Å²) < 4.78 is 33.9. The third-order valence-corrected chi connectivity index (χ3v) is 8.47. The van der Waals surface area contributed by atoms with E-state index in [4.69, 9.17) is 4.74 Å². The van der Waals surface area contributed by atoms with Crippen molar-refractivity contribution < 1.29 is 17.9 Å². The van der Waals surface area contributed by atoms with E-state index >= 15 is 0 Å². The average Bonchev–Trinajstić information content (AvgIpc) is 3.46. The number of tetrazole rings is 1. The Morgan fingerprint density at radius 1 is 1.19 bits per heavy atom. The topological polar surface area (TPSA) is 119 Å². The number of thioether (sulfide) groups is 1. The van der Waals surface area contributed by atoms with E-state index < -0.39 is 15.3 Å². The van der Waals surface area contributed by atoms with E-state index in [9.17, 15) is 13.2 Å². The van der Waals surface area contributed by atoms with Crippen LogP contribution in [0.25, 0.3) is 0 Å². The number of nitrogens with zero attached hydrogens (tertiary/aromatic N) is 5. The molecule has 31 heavy (non-hydrogen) atoms. The van der Waals surface area contributed by atoms with Gasteiger partial charge in [0.1, 0.15) is 0 Å². The first-order valence-corrected chi connectivity index (χ1v) is 12.7. The summed E-state index contributed by atoms with van der Waals surface area (Å²) >= 11 is 1.32. The number of hydrogen-bond donors (Lipinski definition) is 1. The number of benzene rings is 1. The van der Waals surface area contributed by atoms with E-state index in [0.29, 0.717) is 43.2 Å². The molecule has 0 bridgehead atoms. The van der Waals surface area contributed by atoms with Gasteiger partial charge in [0.15, 0.2) is 0 Å². The number of aromatic nitrogens is 4. The summed E-state index contributed by atoms with van der Waals surface area (Å²) in [5.41, 5.74) is 0.536. The fraction of sp³-hybridized carbons (Fsp3) is 0.579. The smallest absolute Gasteiger partial charge is 0.243 e. The first kappa shape index (κ1) is 22.2. The third-order valence-electron chi connectivity index (χ3n) is 5.51. The zero-order chi connectivity index (χ0) is 21.8. The lowest BCUT2D eigenvalue weighted by Gasteiger charge is -2.26. The number of rotatable bonds is 7. The molecule has 2 aliphatic rings. The van der Waals surface area contributed by atoms with Crippen LogP contribution in [0.15, 0.2) is 34.3 Å². The number of carbonyl (C=O) groups is 1. The molecular formula is C19H26N6O4S2. The number of hydrogen-bond acceptors (Lipinski definition) is 8. The lowest BCUT2D eigenvalue weighted by Crippen LogP contribution is -2.40. The van der Waals surface area contributed by atoms with Gasteiger partial charge < -0.3 is 10.1 Å². The quantitative estimate of drug-likeness (QED) is 0.615. The summed E-state index contributed by atoms with van der Waals surface area (Å²) in [6, 6.07) is 6.53. The Morgan fingerprint density at radius 2 is 1.87 bits per heavy atom. The molecule has 12 heteroatoms. The van der Waals surface area contributed by atoms with Crippen LogP contribution in [-0.4, -0.2) is 70.4 Å². The van der Waals surface area contributed by atoms with Crippen LogP contribution >= 0.6 is 11.8 Å². The van der Waals surface area contributed by atoms with Crippen molar-refractivity contribution in [1.82, 2.24) is 24.5 Å². The Bertz CT molecular complexity index is 999. The molecule has 1 amide bonds. The van der Waals surface area contributed by atoms with Gasteiger partial charge in [0.05, 0.1) is 29.4 Å². The molecule has 1 saturated carbocycles. The Labute approximate surface area is 185 Å². The first-order valence-electron chi connectivity index (χ1n) is 10.4. The summed E-state index contributed by atoms with van der Waals surface area (Å²) in [4.78, 5) is 12.8. The molecule has 2 aromatic rings. The second-order valence-electron chi connectivity index (χ2n) is 7.63. The van der Waals surface area contributed by atoms with Gasteiger partial charge in [-0.3, -0.25) is 4.79 Å². The van der Waals surface area contributed by atoms with Crippen LogP contribution in [0.2, 0.25) is 0 Å². The highest BCUT2D eigenvalue weighted by molar-refractivity contribution is 8.00. The van der Waals surface area contributed by atoms with Gasteiger partial charge in [0, 0.05) is 18.8 Å². The highest BCUT2D eigenvalue weighted by Gasteiger charge is 2.27. The van der Waals surface area contributed by atoms with Crippen molar-refractivity contribution in [3.8, 4) is 0 Å². The molecule has 1 saturated heterocycles. The monoisotopic (exact) mass is 466 g/mol. The predicted octanol–water partition coefficient (Wildman–Crippen LogP) is 1.93. The lowest BCUT2D eigenvalue weighted by atomic mass is 10.3. The van der Waals surface area contributed by atoms with Gasteiger partial charge in [-0.05, 0) is 54.5 Å². The maximum Gasteiger partial charge on any atom is 0.243 e. The summed E-state index contributed by atoms with van der Waals surface area (Å²) in [6.45, 7) is 3.27. The Hall–Kier alpha value is -2.02. The van der Waals surface area contributed by atoms with Gasteiger partial charge in [0.25, 0.3) is 0 Å². The number of nitrogens with one attached hydrogen (secondary N) is 1. The van der Waals surface area contributed by atoms with Gasteiger partial charge in [-0.25, -0.2) is 13.1 Å². The minimum atomic E-state index is -3.56. The molecule has 0 spiro atoms. The van der Waals surface area contributed by atoms with Crippen LogP contribution in [0.3, 0.4) is 0 Å². The number of anilines is 1. The summed E-state index contributed by atoms with van der Waals surface area (Å²) in [5.74, 6) is -0.199. The summed E-state index contributed by atoms with van der Waals surface area (Å²) in [5, 5.41) is 15.0. The van der Waals surface area contributed by atoms with Crippen molar-refractivity contribution >= 4 is 33.4 Å². The van der Waals surface area contributed by atoms with Crippen molar-refractivity contribution in [3.05, 3.63) is 24.3 Å². The minimum Gasteiger partial charge on any atom is -0.379 e. The molecule has 168 valence electrons. The predicted molar refractivity (Wildman–Crippen MR) is 115 cm³/mol. The van der Waals surface area contributed by atoms with Gasteiger partial charge in [-0.2, -0.15) is 4.31 Å². The van der Waals surface area contributed by atoms with Crippen LogP contribution in [0.4, 0.5) is 5.69 Å². The van der Waals surface area contributed by atoms with Crippen molar-refractivity contribution in [2.75, 3.05) is 31.6 Å². The van der Waals surface area contributed by atoms with E-state index in [1.807, 2.05) is 4.68 Å². The molecule has 10 nitrogen and oxygen atoms in total. The van der Waals surface area contributed by atoms with Gasteiger partial charge in [-0.15, -0.1) is 5.10 Å². The molecule has 2 heterocycles. The van der Waals surface area contributed by atoms with Crippen LogP contribution in [-0.2, 0) is 19.6 Å². The summed E-state index contributed by atoms with van der Waals surface area (Å²) in [6.07, 6.45) is 4.45. The zero-order valence-electron chi connectivity index (χ0n) is 17.3. The molecule has 1 aliphatic carbocycles. The normalized spacial score (nSPS) is 19.4. The highest BCUT2D eigenvalue weighted by Crippen LogP contribution is 2.32. The SMILES string of the molecule is C[C@H](Sc1nnnn1C1CCCC1)C(=O)Nc1ccc(S(=O)(=O)N2CCOCC2)cc1. The largest absolute Gasteiger partial charge is 0.379 e. The van der Waals surface area contributed by atoms with Crippen molar-refractivity contribution in [1.29, 1.82) is 0 Å². The molecular weight excluding hydrogens is 440 g/mol. The van der Waals surface area contributed by atoms with Crippen LogP contribution in [0.1, 0.15) is 38.6 Å². The van der Waals surface area contributed by atoms with Crippen molar-refractivity contribution in [3.63, 3.8) is 0 Å². The Kier molecular flexibility index (Phi) is 6.89. The van der Waals surface area contributed by atoms with E-state index in [1.54, 1.807) is 19.1 Å². The first-order chi connectivity index (χ1) is 14.9. The summed E-state index contributed by atoms with van der Waals surface area (Å²) in [7, 11) is -3.56. The van der Waals surface area contributed by atoms with Crippen molar-refractivity contribution in [2.45, 2.75) is 54.0 Å². The van der Waals surface area contributed by atoms with Crippen molar-refractivity contribution in [2.24, 2.45) is 0 Å². The van der Waals surface area contributed by atoms with Gasteiger partial charge >= 0.3 is 0 Å². The van der Waals surface area contributed by atoms with Gasteiger partial charge in [-0.1, -0.05) is 24.6 Å². The zero-order valence-corrected chi connectivity index (χ0v) is 18.9. The standard InChI is InChI=1S/C19H26N6O4S2/c1-14(30-19-21-22-23-25(19)16-4-2-3-5-16)18(26)20-15-6-8-17(9-7-15)31(27,28)24-10-12-29-13-11-24/h6-9,14,16H,2-5,10-13H2,1H3,(H,20,26)/t14-/m0/s1. The van der Waals surface area contributed by atoms with E-state index in [2.05, 4.69) is 20.8 Å². The molecule has 1 aromatic heterocycles. The average molecular weight is 467 g/mol. The van der Waals surface area contributed by atoms with Crippen LogP contribution in [0.5, 0.6) is 0 Å². The molecule has 1 aromatic carbocycles. The van der Waals surface area contributed by atoms with E-state index in [-0.39, 0.29) is 10.8 Å². The minimum absolute atomic E-state index is 0.199. The Balaban J connectivity index is 1.37. The molecule has 1 atom stereocenters. The second-order valence-corrected chi connectivity index (χ2v) is 10.9. The molecule has 4 rings (SSSR count). The fourth-order valence-corrected chi connectivity index (χ4v) is 6.01. The number of morpholine rings is 1. The third kappa shape index (κ3) is 5.08. The van der Waals surface area contributed by atoms with Crippen LogP contribution in [0, 0.1) is 0 Å². The molecule has 1 aliphatic heterocycles. The van der Waals surface area contributed by atoms with E-state index in [0.717, 1.165) is 12.8 Å². The number of ether oxygens (including phenoxy) is 1.